The maximum absolute atomic E-state index is 4.00. The van der Waals surface area contributed by atoms with Crippen LogP contribution in [0.25, 0.3) is 0 Å². The van der Waals surface area contributed by atoms with Gasteiger partial charge in [0, 0.05) is 80.9 Å². The molecule has 4 heteroatoms. The fraction of sp³-hybridized carbons (Fsp3) is 0.300. The largest absolute Gasteiger partial charge is 0.343 e. The molecule has 0 heterocycles. The summed E-state index contributed by atoms with van der Waals surface area (Å²) in [6, 6.07) is 10.5. The van der Waals surface area contributed by atoms with E-state index in [1.165, 1.54) is 18.4 Å². The standard InChI is InChI=1S/C10H13.B2.2Y/c1-2-3-7-10-8-5-4-6-9-10;1-2;;/h4-6,8-9H,1-3,7H2;;;/q-1;;;. The Morgan fingerprint density at radius 1 is 1.00 bits per heavy atom. The van der Waals surface area contributed by atoms with Crippen LogP contribution in [0.5, 0.6) is 0 Å². The first-order valence-corrected chi connectivity index (χ1v) is 4.10. The molecule has 0 saturated heterocycles. The molecule has 66 valence electrons. The van der Waals surface area contributed by atoms with Gasteiger partial charge < -0.3 is 6.92 Å². The van der Waals surface area contributed by atoms with E-state index in [0.29, 0.717) is 0 Å². The van der Waals surface area contributed by atoms with Gasteiger partial charge in [-0.2, -0.15) is 6.42 Å². The third kappa shape index (κ3) is 11.6. The number of unbranched alkanes of at least 4 members (excludes halogenated alkanes) is 1. The van der Waals surface area contributed by atoms with Crippen LogP contribution in [0, 0.1) is 6.92 Å². The fourth-order valence-corrected chi connectivity index (χ4v) is 0.974. The van der Waals surface area contributed by atoms with Gasteiger partial charge in [-0.3, -0.25) is 0 Å². The third-order valence-electron chi connectivity index (χ3n) is 1.56. The van der Waals surface area contributed by atoms with E-state index in [4.69, 9.17) is 0 Å². The Morgan fingerprint density at radius 2 is 1.50 bits per heavy atom. The van der Waals surface area contributed by atoms with E-state index in [9.17, 15) is 0 Å². The van der Waals surface area contributed by atoms with E-state index in [2.05, 4.69) is 46.7 Å². The van der Waals surface area contributed by atoms with E-state index in [0.717, 1.165) is 6.42 Å². The summed E-state index contributed by atoms with van der Waals surface area (Å²) in [6.07, 6.45) is 3.41. The van der Waals surface area contributed by atoms with E-state index >= 15 is 0 Å². The quantitative estimate of drug-likeness (QED) is 0.587. The second-order valence-electron chi connectivity index (χ2n) is 2.44. The Morgan fingerprint density at radius 3 is 1.93 bits per heavy atom. The molecule has 14 heavy (non-hydrogen) atoms. The molecular weight excluding hydrogens is 320 g/mol. The Labute approximate surface area is 141 Å². The molecule has 6 radical (unpaired) electrons. The minimum atomic E-state index is 0. The van der Waals surface area contributed by atoms with Gasteiger partial charge >= 0.3 is 0 Å². The van der Waals surface area contributed by atoms with Crippen LogP contribution in [0.15, 0.2) is 30.3 Å². The van der Waals surface area contributed by atoms with Gasteiger partial charge in [0.25, 0.3) is 0 Å². The van der Waals surface area contributed by atoms with Crippen molar-refractivity contribution < 1.29 is 65.4 Å². The molecule has 0 bridgehead atoms. The van der Waals surface area contributed by atoms with Crippen LogP contribution < -0.4 is 0 Å². The summed E-state index contributed by atoms with van der Waals surface area (Å²) in [7, 11) is 8.00. The van der Waals surface area contributed by atoms with E-state index in [-0.39, 0.29) is 65.4 Å². The molecule has 0 amide bonds. The van der Waals surface area contributed by atoms with Crippen molar-refractivity contribution in [2.45, 2.75) is 19.3 Å². The Balaban J connectivity index is -0.000000284. The van der Waals surface area contributed by atoms with Crippen LogP contribution >= 0.6 is 0 Å². The molecule has 0 aliphatic carbocycles. The first-order chi connectivity index (χ1) is 5.93. The zero-order valence-electron chi connectivity index (χ0n) is 8.52. The predicted octanol–water partition coefficient (Wildman–Crippen LogP) is 2.08. The van der Waals surface area contributed by atoms with Crippen molar-refractivity contribution in [3.8, 4) is 0 Å². The fourth-order valence-electron chi connectivity index (χ4n) is 0.974. The van der Waals surface area contributed by atoms with Crippen LogP contribution in [0.3, 0.4) is 0 Å². The predicted molar refractivity (Wildman–Crippen MR) is 56.2 cm³/mol. The SMILES string of the molecule is [B][B].[CH2-]CCCc1ccccc1.[Y].[Y]. The molecule has 0 N–H and O–H groups in total. The molecule has 0 aliphatic rings. The second-order valence-corrected chi connectivity index (χ2v) is 2.44. The Hall–Kier alpha value is 1.56. The molecule has 0 spiro atoms. The van der Waals surface area contributed by atoms with Crippen LogP contribution in [0.2, 0.25) is 0 Å². The van der Waals surface area contributed by atoms with Crippen molar-refractivity contribution in [1.82, 2.24) is 0 Å². The van der Waals surface area contributed by atoms with Crippen molar-refractivity contribution in [3.05, 3.63) is 42.8 Å². The third-order valence-corrected chi connectivity index (χ3v) is 1.56. The van der Waals surface area contributed by atoms with Crippen molar-refractivity contribution in [3.63, 3.8) is 0 Å². The molecule has 0 saturated carbocycles. The normalized spacial score (nSPS) is 7.21. The molecule has 0 fully saturated rings. The van der Waals surface area contributed by atoms with Crippen molar-refractivity contribution in [1.29, 1.82) is 0 Å². The zero-order chi connectivity index (χ0) is 9.23. The van der Waals surface area contributed by atoms with Gasteiger partial charge in [0.15, 0.2) is 0 Å². The minimum absolute atomic E-state index is 0. The summed E-state index contributed by atoms with van der Waals surface area (Å²) in [6.45, 7) is 3.80. The smallest absolute Gasteiger partial charge is 0 e. The minimum Gasteiger partial charge on any atom is -0.343 e. The van der Waals surface area contributed by atoms with Gasteiger partial charge in [0.05, 0.1) is 0 Å². The van der Waals surface area contributed by atoms with E-state index < -0.39 is 0 Å². The van der Waals surface area contributed by atoms with E-state index in [1.54, 1.807) is 0 Å². The molecule has 1 aromatic carbocycles. The Kier molecular flexibility index (Phi) is 25.3. The summed E-state index contributed by atoms with van der Waals surface area (Å²) in [5.41, 5.74) is 1.42. The number of hydrogen-bond acceptors (Lipinski definition) is 0. The monoisotopic (exact) mass is 333 g/mol. The maximum Gasteiger partial charge on any atom is 0 e. The zero-order valence-corrected chi connectivity index (χ0v) is 14.2. The number of hydrogen-bond donors (Lipinski definition) is 0. The molecule has 0 nitrogen and oxygen atoms in total. The molecule has 0 unspecified atom stereocenters. The summed E-state index contributed by atoms with van der Waals surface area (Å²) in [4.78, 5) is 0. The number of aryl methyl sites for hydroxylation is 1. The van der Waals surface area contributed by atoms with Crippen LogP contribution in [-0.4, -0.2) is 15.5 Å². The molecule has 0 aliphatic heterocycles. The van der Waals surface area contributed by atoms with E-state index in [1.807, 2.05) is 6.07 Å². The van der Waals surface area contributed by atoms with Gasteiger partial charge in [0.1, 0.15) is 0 Å². The summed E-state index contributed by atoms with van der Waals surface area (Å²) >= 11 is 0. The van der Waals surface area contributed by atoms with Crippen LogP contribution in [-0.2, 0) is 71.8 Å². The first kappa shape index (κ1) is 20.9. The number of rotatable bonds is 3. The average Bonchev–Trinajstić information content (AvgIpc) is 2.19. The first-order valence-electron chi connectivity index (χ1n) is 4.10. The van der Waals surface area contributed by atoms with Crippen LogP contribution in [0.4, 0.5) is 0 Å². The maximum atomic E-state index is 4.00. The summed E-state index contributed by atoms with van der Waals surface area (Å²) in [5.74, 6) is 0. The van der Waals surface area contributed by atoms with Crippen molar-refractivity contribution in [2.24, 2.45) is 0 Å². The van der Waals surface area contributed by atoms with Crippen molar-refractivity contribution in [2.75, 3.05) is 0 Å². The number of benzene rings is 1. The van der Waals surface area contributed by atoms with Gasteiger partial charge in [-0.05, 0) is 12.0 Å². The van der Waals surface area contributed by atoms with Gasteiger partial charge in [-0.1, -0.05) is 36.8 Å². The molecule has 1 aromatic rings. The van der Waals surface area contributed by atoms with Gasteiger partial charge in [-0.25, -0.2) is 0 Å². The molecule has 1 rings (SSSR count). The van der Waals surface area contributed by atoms with Gasteiger partial charge in [0.2, 0.25) is 0 Å². The topological polar surface area (TPSA) is 0 Å². The molecule has 0 atom stereocenters. The Bertz CT molecular complexity index is 181. The molecular formula is C10H13B2Y2-. The summed E-state index contributed by atoms with van der Waals surface area (Å²) in [5, 5.41) is 0. The second kappa shape index (κ2) is 17.0. The molecule has 0 aromatic heterocycles. The average molecular weight is 333 g/mol. The summed E-state index contributed by atoms with van der Waals surface area (Å²) < 4.78 is 0. The van der Waals surface area contributed by atoms with Crippen LogP contribution in [0.1, 0.15) is 18.4 Å². The van der Waals surface area contributed by atoms with Gasteiger partial charge in [-0.15, -0.1) is 0 Å². The van der Waals surface area contributed by atoms with Crippen molar-refractivity contribution >= 4 is 15.5 Å².